The van der Waals surface area contributed by atoms with Gasteiger partial charge in [-0.2, -0.15) is 0 Å². The minimum atomic E-state index is 0.729. The molecule has 0 aromatic heterocycles. The number of hydrogen-bond donors (Lipinski definition) is 1. The van der Waals surface area contributed by atoms with E-state index in [-0.39, 0.29) is 0 Å². The van der Waals surface area contributed by atoms with Gasteiger partial charge < -0.3 is 5.32 Å². The first-order valence-corrected chi connectivity index (χ1v) is 8.76. The molecule has 1 aromatic rings. The van der Waals surface area contributed by atoms with Crippen LogP contribution in [-0.2, 0) is 13.1 Å². The Bertz CT molecular complexity index is 456. The van der Waals surface area contributed by atoms with Crippen LogP contribution in [0.25, 0.3) is 0 Å². The number of hydrogen-bond acceptors (Lipinski definition) is 2. The summed E-state index contributed by atoms with van der Waals surface area (Å²) < 4.78 is 1.27. The number of halogens is 1. The molecule has 1 heterocycles. The molecule has 0 amide bonds. The number of benzene rings is 1. The topological polar surface area (TPSA) is 15.3 Å². The number of nitrogens with one attached hydrogen (secondary N) is 1. The van der Waals surface area contributed by atoms with Crippen molar-refractivity contribution in [3.63, 3.8) is 0 Å². The molecule has 2 nitrogen and oxygen atoms in total. The van der Waals surface area contributed by atoms with E-state index in [0.29, 0.717) is 0 Å². The Hall–Kier alpha value is -0.380. The Morgan fingerprint density at radius 2 is 2.10 bits per heavy atom. The van der Waals surface area contributed by atoms with E-state index in [0.717, 1.165) is 25.2 Å². The fourth-order valence-electron chi connectivity index (χ4n) is 2.99. The van der Waals surface area contributed by atoms with Crippen molar-refractivity contribution in [2.45, 2.75) is 64.2 Å². The van der Waals surface area contributed by atoms with Gasteiger partial charge in [0.25, 0.3) is 0 Å². The van der Waals surface area contributed by atoms with E-state index in [1.54, 1.807) is 0 Å². The third-order valence-electron chi connectivity index (χ3n) is 4.60. The predicted octanol–water partition coefficient (Wildman–Crippen LogP) is 4.08. The summed E-state index contributed by atoms with van der Waals surface area (Å²) in [5, 5.41) is 3.58. The summed E-state index contributed by atoms with van der Waals surface area (Å²) in [5.74, 6) is 0. The van der Waals surface area contributed by atoms with Crippen LogP contribution in [0.5, 0.6) is 0 Å². The van der Waals surface area contributed by atoms with E-state index < -0.39 is 0 Å². The predicted molar refractivity (Wildman–Crippen MR) is 87.7 cm³/mol. The first-order valence-electron chi connectivity index (χ1n) is 7.97. The average Bonchev–Trinajstić information content (AvgIpc) is 3.26. The second-order valence-electron chi connectivity index (χ2n) is 6.40. The van der Waals surface area contributed by atoms with Gasteiger partial charge in [-0.15, -0.1) is 0 Å². The summed E-state index contributed by atoms with van der Waals surface area (Å²) in [6, 6.07) is 8.38. The van der Waals surface area contributed by atoms with Gasteiger partial charge in [0.15, 0.2) is 0 Å². The van der Waals surface area contributed by atoms with Crippen LogP contribution in [-0.4, -0.2) is 23.5 Å². The minimum absolute atomic E-state index is 0.729. The van der Waals surface area contributed by atoms with Crippen LogP contribution in [0.4, 0.5) is 0 Å². The van der Waals surface area contributed by atoms with E-state index in [9.17, 15) is 0 Å². The van der Waals surface area contributed by atoms with Crippen molar-refractivity contribution in [1.29, 1.82) is 0 Å². The van der Waals surface area contributed by atoms with Crippen LogP contribution in [0.3, 0.4) is 0 Å². The van der Waals surface area contributed by atoms with Crippen molar-refractivity contribution in [3.05, 3.63) is 33.8 Å². The van der Waals surface area contributed by atoms with Gasteiger partial charge in [-0.05, 0) is 56.3 Å². The lowest BCUT2D eigenvalue weighted by Crippen LogP contribution is -2.36. The van der Waals surface area contributed by atoms with Crippen LogP contribution < -0.4 is 5.32 Å². The maximum atomic E-state index is 3.76. The quantitative estimate of drug-likeness (QED) is 0.871. The fourth-order valence-corrected chi connectivity index (χ4v) is 3.54. The average molecular weight is 337 g/mol. The number of piperidine rings is 1. The third-order valence-corrected chi connectivity index (χ3v) is 5.34. The van der Waals surface area contributed by atoms with Crippen molar-refractivity contribution < 1.29 is 0 Å². The molecule has 1 unspecified atom stereocenters. The van der Waals surface area contributed by atoms with Gasteiger partial charge in [-0.3, -0.25) is 4.90 Å². The summed E-state index contributed by atoms with van der Waals surface area (Å²) in [7, 11) is 0. The van der Waals surface area contributed by atoms with Gasteiger partial charge in [0, 0.05) is 29.6 Å². The monoisotopic (exact) mass is 336 g/mol. The standard InChI is InChI=1S/C17H25BrN2/c1-13-4-2-3-9-20(13)12-15-6-5-14(10-17(15)18)11-19-16-7-8-16/h5-6,10,13,16,19H,2-4,7-9,11-12H2,1H3. The molecule has 0 bridgehead atoms. The molecule has 1 saturated heterocycles. The molecule has 1 saturated carbocycles. The Kier molecular flexibility index (Phi) is 4.79. The highest BCUT2D eigenvalue weighted by molar-refractivity contribution is 9.10. The van der Waals surface area contributed by atoms with Gasteiger partial charge >= 0.3 is 0 Å². The number of nitrogens with zero attached hydrogens (tertiary/aromatic N) is 1. The molecule has 110 valence electrons. The Labute approximate surface area is 131 Å². The summed E-state index contributed by atoms with van der Waals surface area (Å²) in [5.41, 5.74) is 2.81. The van der Waals surface area contributed by atoms with E-state index >= 15 is 0 Å². The molecular weight excluding hydrogens is 312 g/mol. The van der Waals surface area contributed by atoms with Gasteiger partial charge in [0.2, 0.25) is 0 Å². The molecule has 1 N–H and O–H groups in total. The first kappa shape index (κ1) is 14.6. The number of likely N-dealkylation sites (tertiary alicyclic amines) is 1. The molecule has 0 spiro atoms. The lowest BCUT2D eigenvalue weighted by Gasteiger charge is -2.33. The summed E-state index contributed by atoms with van der Waals surface area (Å²) >= 11 is 3.76. The molecule has 0 radical (unpaired) electrons. The summed E-state index contributed by atoms with van der Waals surface area (Å²) in [6.07, 6.45) is 6.80. The zero-order valence-corrected chi connectivity index (χ0v) is 14.0. The van der Waals surface area contributed by atoms with Crippen LogP contribution in [0, 0.1) is 0 Å². The van der Waals surface area contributed by atoms with Gasteiger partial charge in [0.05, 0.1) is 0 Å². The van der Waals surface area contributed by atoms with Gasteiger partial charge in [-0.25, -0.2) is 0 Å². The van der Waals surface area contributed by atoms with E-state index in [1.165, 1.54) is 54.2 Å². The van der Waals surface area contributed by atoms with E-state index in [4.69, 9.17) is 0 Å². The molecule has 2 fully saturated rings. The minimum Gasteiger partial charge on any atom is -0.310 e. The molecule has 20 heavy (non-hydrogen) atoms. The molecular formula is C17H25BrN2. The van der Waals surface area contributed by atoms with E-state index in [2.05, 4.69) is 51.3 Å². The van der Waals surface area contributed by atoms with Crippen molar-refractivity contribution in [2.24, 2.45) is 0 Å². The van der Waals surface area contributed by atoms with Crippen molar-refractivity contribution in [2.75, 3.05) is 6.54 Å². The van der Waals surface area contributed by atoms with Crippen molar-refractivity contribution >= 4 is 15.9 Å². The highest BCUT2D eigenvalue weighted by Gasteiger charge is 2.21. The molecule has 1 aliphatic carbocycles. The van der Waals surface area contributed by atoms with Crippen molar-refractivity contribution in [3.8, 4) is 0 Å². The lowest BCUT2D eigenvalue weighted by molar-refractivity contribution is 0.152. The smallest absolute Gasteiger partial charge is 0.0247 e. The van der Waals surface area contributed by atoms with Gasteiger partial charge in [-0.1, -0.05) is 34.5 Å². The molecule has 1 aliphatic heterocycles. The second-order valence-corrected chi connectivity index (χ2v) is 7.25. The molecule has 2 aliphatic rings. The number of rotatable bonds is 5. The normalized spacial score (nSPS) is 24.0. The van der Waals surface area contributed by atoms with Crippen LogP contribution >= 0.6 is 15.9 Å². The highest BCUT2D eigenvalue weighted by atomic mass is 79.9. The summed E-state index contributed by atoms with van der Waals surface area (Å²) in [4.78, 5) is 2.62. The SMILES string of the molecule is CC1CCCCN1Cc1ccc(CNC2CC2)cc1Br. The lowest BCUT2D eigenvalue weighted by atomic mass is 10.0. The summed E-state index contributed by atoms with van der Waals surface area (Å²) in [6.45, 7) is 5.70. The molecule has 1 atom stereocenters. The second kappa shape index (κ2) is 6.59. The zero-order chi connectivity index (χ0) is 13.9. The van der Waals surface area contributed by atoms with Crippen LogP contribution in [0.15, 0.2) is 22.7 Å². The largest absolute Gasteiger partial charge is 0.310 e. The Morgan fingerprint density at radius 1 is 1.25 bits per heavy atom. The van der Waals surface area contributed by atoms with Crippen molar-refractivity contribution in [1.82, 2.24) is 10.2 Å². The Balaban J connectivity index is 1.60. The van der Waals surface area contributed by atoms with E-state index in [1.807, 2.05) is 0 Å². The zero-order valence-electron chi connectivity index (χ0n) is 12.4. The maximum absolute atomic E-state index is 3.76. The van der Waals surface area contributed by atoms with Crippen LogP contribution in [0.1, 0.15) is 50.2 Å². The maximum Gasteiger partial charge on any atom is 0.0247 e. The third kappa shape index (κ3) is 3.84. The molecule has 3 rings (SSSR count). The first-order chi connectivity index (χ1) is 9.72. The fraction of sp³-hybridized carbons (Fsp3) is 0.647. The Morgan fingerprint density at radius 3 is 2.80 bits per heavy atom. The van der Waals surface area contributed by atoms with Gasteiger partial charge in [0.1, 0.15) is 0 Å². The molecule has 3 heteroatoms. The van der Waals surface area contributed by atoms with Crippen LogP contribution in [0.2, 0.25) is 0 Å². The highest BCUT2D eigenvalue weighted by Crippen LogP contribution is 2.25. The molecule has 1 aromatic carbocycles.